The van der Waals surface area contributed by atoms with Gasteiger partial charge in [-0.1, -0.05) is 12.1 Å². The van der Waals surface area contributed by atoms with Gasteiger partial charge in [0.1, 0.15) is 10.7 Å². The smallest absolute Gasteiger partial charge is 0.336 e. The minimum absolute atomic E-state index is 0.0377. The number of halogens is 3. The summed E-state index contributed by atoms with van der Waals surface area (Å²) in [6.07, 6.45) is -2.68. The van der Waals surface area contributed by atoms with Crippen LogP contribution in [0.15, 0.2) is 29.6 Å². The van der Waals surface area contributed by atoms with E-state index in [-0.39, 0.29) is 17.6 Å². The van der Waals surface area contributed by atoms with Gasteiger partial charge in [0, 0.05) is 30.1 Å². The Balaban J connectivity index is 1.82. The minimum atomic E-state index is -4.41. The van der Waals surface area contributed by atoms with Crippen molar-refractivity contribution < 1.29 is 18.0 Å². The zero-order valence-electron chi connectivity index (χ0n) is 12.7. The predicted molar refractivity (Wildman–Crippen MR) is 85.7 cm³/mol. The quantitative estimate of drug-likeness (QED) is 0.898. The highest BCUT2D eigenvalue weighted by atomic mass is 32.1. The lowest BCUT2D eigenvalue weighted by atomic mass is 10.1. The molecule has 1 amide bonds. The van der Waals surface area contributed by atoms with E-state index in [1.807, 2.05) is 0 Å². The molecule has 2 aromatic rings. The van der Waals surface area contributed by atoms with Crippen molar-refractivity contribution in [2.45, 2.75) is 25.1 Å². The number of amides is 1. The van der Waals surface area contributed by atoms with Gasteiger partial charge >= 0.3 is 6.18 Å². The van der Waals surface area contributed by atoms with E-state index in [1.165, 1.54) is 6.07 Å². The van der Waals surface area contributed by atoms with Crippen molar-refractivity contribution in [2.75, 3.05) is 13.1 Å². The summed E-state index contributed by atoms with van der Waals surface area (Å²) < 4.78 is 38.4. The maximum atomic E-state index is 12.8. The van der Waals surface area contributed by atoms with Crippen LogP contribution in [0.3, 0.4) is 0 Å². The number of nitrogens with two attached hydrogens (primary N) is 1. The first kappa shape index (κ1) is 16.9. The first-order valence-electron chi connectivity index (χ1n) is 7.52. The van der Waals surface area contributed by atoms with Crippen LogP contribution in [0.25, 0.3) is 10.6 Å². The predicted octanol–water partition coefficient (Wildman–Crippen LogP) is 3.39. The summed E-state index contributed by atoms with van der Waals surface area (Å²) in [5.74, 6) is -0.223. The lowest BCUT2D eigenvalue weighted by molar-refractivity contribution is -0.137. The molecule has 2 N–H and O–H groups in total. The Morgan fingerprint density at radius 3 is 2.88 bits per heavy atom. The SMILES string of the molecule is NC1CCCN(C(=O)c2csc(-c3cccc(C(F)(F)F)c3)n2)C1. The van der Waals surface area contributed by atoms with Crippen LogP contribution < -0.4 is 5.73 Å². The van der Waals surface area contributed by atoms with Crippen molar-refractivity contribution in [1.82, 2.24) is 9.88 Å². The van der Waals surface area contributed by atoms with Crippen molar-refractivity contribution in [3.05, 3.63) is 40.9 Å². The van der Waals surface area contributed by atoms with Crippen LogP contribution in [0.4, 0.5) is 13.2 Å². The van der Waals surface area contributed by atoms with E-state index in [1.54, 1.807) is 16.3 Å². The number of aromatic nitrogens is 1. The van der Waals surface area contributed by atoms with E-state index in [0.29, 0.717) is 23.7 Å². The molecule has 24 heavy (non-hydrogen) atoms. The molecule has 1 aliphatic heterocycles. The van der Waals surface area contributed by atoms with E-state index in [4.69, 9.17) is 5.73 Å². The molecule has 1 saturated heterocycles. The molecule has 2 heterocycles. The van der Waals surface area contributed by atoms with Crippen molar-refractivity contribution in [3.8, 4) is 10.6 Å². The molecule has 0 spiro atoms. The fourth-order valence-corrected chi connectivity index (χ4v) is 3.48. The Kier molecular flexibility index (Phi) is 4.60. The van der Waals surface area contributed by atoms with Crippen LogP contribution in [-0.4, -0.2) is 34.9 Å². The second kappa shape index (κ2) is 6.52. The van der Waals surface area contributed by atoms with E-state index in [2.05, 4.69) is 4.98 Å². The van der Waals surface area contributed by atoms with Gasteiger partial charge in [0.15, 0.2) is 0 Å². The number of benzene rings is 1. The molecule has 1 aliphatic rings. The summed E-state index contributed by atoms with van der Waals surface area (Å²) in [7, 11) is 0. The first-order chi connectivity index (χ1) is 11.3. The molecule has 1 atom stereocenters. The van der Waals surface area contributed by atoms with E-state index < -0.39 is 11.7 Å². The molecule has 1 aromatic heterocycles. The van der Waals surface area contributed by atoms with Gasteiger partial charge in [0.2, 0.25) is 0 Å². The van der Waals surface area contributed by atoms with E-state index in [9.17, 15) is 18.0 Å². The van der Waals surface area contributed by atoms with Crippen LogP contribution in [0.2, 0.25) is 0 Å². The highest BCUT2D eigenvalue weighted by Gasteiger charge is 2.31. The van der Waals surface area contributed by atoms with Crippen LogP contribution in [0, 0.1) is 0 Å². The Labute approximate surface area is 141 Å². The number of thiazole rings is 1. The number of carbonyl (C=O) groups is 1. The van der Waals surface area contributed by atoms with Gasteiger partial charge in [-0.3, -0.25) is 4.79 Å². The molecule has 0 aliphatic carbocycles. The van der Waals surface area contributed by atoms with Crippen LogP contribution in [-0.2, 0) is 6.18 Å². The average Bonchev–Trinajstić information content (AvgIpc) is 3.03. The lowest BCUT2D eigenvalue weighted by Gasteiger charge is -2.30. The third kappa shape index (κ3) is 3.59. The van der Waals surface area contributed by atoms with Gasteiger partial charge in [-0.25, -0.2) is 4.98 Å². The molecule has 128 valence electrons. The summed E-state index contributed by atoms with van der Waals surface area (Å²) >= 11 is 1.16. The van der Waals surface area contributed by atoms with Gasteiger partial charge in [0.05, 0.1) is 5.56 Å². The van der Waals surface area contributed by atoms with E-state index >= 15 is 0 Å². The third-order valence-corrected chi connectivity index (χ3v) is 4.80. The standard InChI is InChI=1S/C16H16F3N3OS/c17-16(18,19)11-4-1-3-10(7-11)14-21-13(9-24-14)15(23)22-6-2-5-12(20)8-22/h1,3-4,7,9,12H,2,5-6,8,20H2. The van der Waals surface area contributed by atoms with Crippen LogP contribution in [0.1, 0.15) is 28.9 Å². The first-order valence-corrected chi connectivity index (χ1v) is 8.40. The number of hydrogen-bond donors (Lipinski definition) is 1. The summed E-state index contributed by atoms with van der Waals surface area (Å²) in [6, 6.07) is 4.91. The second-order valence-corrected chi connectivity index (χ2v) is 6.63. The highest BCUT2D eigenvalue weighted by molar-refractivity contribution is 7.13. The number of nitrogens with zero attached hydrogens (tertiary/aromatic N) is 2. The molecular formula is C16H16F3N3OS. The molecule has 8 heteroatoms. The molecule has 1 unspecified atom stereocenters. The molecule has 1 fully saturated rings. The fourth-order valence-electron chi connectivity index (χ4n) is 2.69. The molecule has 0 radical (unpaired) electrons. The van der Waals surface area contributed by atoms with Crippen molar-refractivity contribution >= 4 is 17.2 Å². The Hall–Kier alpha value is -1.93. The topological polar surface area (TPSA) is 59.2 Å². The van der Waals surface area contributed by atoms with Gasteiger partial charge < -0.3 is 10.6 Å². The molecule has 1 aromatic carbocycles. The maximum Gasteiger partial charge on any atom is 0.416 e. The van der Waals surface area contributed by atoms with Gasteiger partial charge in [-0.05, 0) is 25.0 Å². The largest absolute Gasteiger partial charge is 0.416 e. The monoisotopic (exact) mass is 355 g/mol. The van der Waals surface area contributed by atoms with Crippen LogP contribution in [0.5, 0.6) is 0 Å². The summed E-state index contributed by atoms with van der Waals surface area (Å²) in [6.45, 7) is 1.11. The van der Waals surface area contributed by atoms with E-state index in [0.717, 1.165) is 36.3 Å². The highest BCUT2D eigenvalue weighted by Crippen LogP contribution is 2.33. The van der Waals surface area contributed by atoms with Crippen molar-refractivity contribution in [1.29, 1.82) is 0 Å². The number of rotatable bonds is 2. The average molecular weight is 355 g/mol. The second-order valence-electron chi connectivity index (χ2n) is 5.77. The number of likely N-dealkylation sites (tertiary alicyclic amines) is 1. The van der Waals surface area contributed by atoms with Gasteiger partial charge in [-0.2, -0.15) is 13.2 Å². The maximum absolute atomic E-state index is 12.8. The number of piperidine rings is 1. The number of hydrogen-bond acceptors (Lipinski definition) is 4. The van der Waals surface area contributed by atoms with Gasteiger partial charge in [0.25, 0.3) is 5.91 Å². The molecular weight excluding hydrogens is 339 g/mol. The minimum Gasteiger partial charge on any atom is -0.336 e. The Bertz CT molecular complexity index is 744. The number of carbonyl (C=O) groups excluding carboxylic acids is 1. The van der Waals surface area contributed by atoms with Crippen molar-refractivity contribution in [2.24, 2.45) is 5.73 Å². The third-order valence-electron chi connectivity index (χ3n) is 3.91. The molecule has 3 rings (SSSR count). The Morgan fingerprint density at radius 1 is 1.38 bits per heavy atom. The van der Waals surface area contributed by atoms with Crippen molar-refractivity contribution in [3.63, 3.8) is 0 Å². The fraction of sp³-hybridized carbons (Fsp3) is 0.375. The summed E-state index contributed by atoms with van der Waals surface area (Å²) in [4.78, 5) is 18.3. The lowest BCUT2D eigenvalue weighted by Crippen LogP contribution is -2.45. The zero-order valence-corrected chi connectivity index (χ0v) is 13.5. The normalized spacial score (nSPS) is 18.7. The van der Waals surface area contributed by atoms with Gasteiger partial charge in [-0.15, -0.1) is 11.3 Å². The molecule has 0 bridgehead atoms. The summed E-state index contributed by atoms with van der Waals surface area (Å²) in [5.41, 5.74) is 5.75. The Morgan fingerprint density at radius 2 is 2.17 bits per heavy atom. The zero-order chi connectivity index (χ0) is 17.3. The molecule has 0 saturated carbocycles. The summed E-state index contributed by atoms with van der Waals surface area (Å²) in [5, 5.41) is 1.98. The molecule has 4 nitrogen and oxygen atoms in total. The number of alkyl halides is 3. The van der Waals surface area contributed by atoms with Crippen LogP contribution >= 0.6 is 11.3 Å².